The van der Waals surface area contributed by atoms with E-state index in [4.69, 9.17) is 10.7 Å². The van der Waals surface area contributed by atoms with Crippen molar-refractivity contribution in [3.63, 3.8) is 0 Å². The molecule has 3 aromatic rings. The van der Waals surface area contributed by atoms with E-state index in [9.17, 15) is 4.79 Å². The van der Waals surface area contributed by atoms with Crippen molar-refractivity contribution in [2.45, 2.75) is 26.2 Å². The Labute approximate surface area is 153 Å². The summed E-state index contributed by atoms with van der Waals surface area (Å²) in [5.41, 5.74) is 9.93. The molecule has 1 aromatic heterocycles. The van der Waals surface area contributed by atoms with E-state index in [0.29, 0.717) is 17.9 Å². The highest BCUT2D eigenvalue weighted by Gasteiger charge is 2.12. The van der Waals surface area contributed by atoms with Crippen LogP contribution in [0.15, 0.2) is 60.8 Å². The molecule has 0 aliphatic carbocycles. The number of carbonyl (C=O) groups excluding carboxylic acids is 1. The molecule has 0 saturated heterocycles. The third-order valence-electron chi connectivity index (χ3n) is 4.00. The van der Waals surface area contributed by atoms with Gasteiger partial charge in [-0.2, -0.15) is 0 Å². The second-order valence-corrected chi connectivity index (χ2v) is 6.13. The number of hydrogen-bond donors (Lipinski definition) is 2. The third-order valence-corrected chi connectivity index (χ3v) is 4.00. The van der Waals surface area contributed by atoms with Crippen molar-refractivity contribution in [3.05, 3.63) is 72.1 Å². The smallest absolute Gasteiger partial charge is 0.229 e. The van der Waals surface area contributed by atoms with Crippen LogP contribution in [-0.2, 0) is 17.6 Å². The maximum atomic E-state index is 12.3. The number of nitrogen functional groups attached to an aromatic ring is 1. The van der Waals surface area contributed by atoms with Gasteiger partial charge in [0.2, 0.25) is 5.91 Å². The summed E-state index contributed by atoms with van der Waals surface area (Å²) in [5, 5.41) is 2.90. The van der Waals surface area contributed by atoms with Gasteiger partial charge in [-0.1, -0.05) is 55.8 Å². The predicted molar refractivity (Wildman–Crippen MR) is 105 cm³/mol. The Bertz CT molecular complexity index is 876. The molecule has 1 heterocycles. The molecule has 5 heteroatoms. The zero-order valence-corrected chi connectivity index (χ0v) is 14.8. The minimum absolute atomic E-state index is 0.0944. The predicted octanol–water partition coefficient (Wildman–Crippen LogP) is 3.86. The number of nitrogens with zero attached hydrogens (tertiary/aromatic N) is 2. The molecule has 0 saturated carbocycles. The van der Waals surface area contributed by atoms with Crippen LogP contribution in [0.5, 0.6) is 0 Å². The van der Waals surface area contributed by atoms with Crippen molar-refractivity contribution in [2.24, 2.45) is 0 Å². The molecule has 0 aliphatic heterocycles. The molecule has 0 radical (unpaired) electrons. The number of nitrogens with two attached hydrogens (primary N) is 1. The molecule has 0 atom stereocenters. The first-order valence-electron chi connectivity index (χ1n) is 8.71. The van der Waals surface area contributed by atoms with E-state index in [2.05, 4.69) is 17.2 Å². The number of anilines is 2. The van der Waals surface area contributed by atoms with Crippen molar-refractivity contribution >= 4 is 17.4 Å². The topological polar surface area (TPSA) is 80.9 Å². The Morgan fingerprint density at radius 1 is 1.08 bits per heavy atom. The molecule has 0 unspecified atom stereocenters. The first-order valence-corrected chi connectivity index (χ1v) is 8.71. The minimum Gasteiger partial charge on any atom is -0.399 e. The maximum absolute atomic E-state index is 12.3. The summed E-state index contributed by atoms with van der Waals surface area (Å²) in [5.74, 6) is 0.440. The molecular formula is C21H22N4O. The largest absolute Gasteiger partial charge is 0.399 e. The molecule has 1 amide bonds. The van der Waals surface area contributed by atoms with E-state index in [1.54, 1.807) is 6.20 Å². The number of aromatic nitrogens is 2. The number of nitrogens with one attached hydrogen (secondary N) is 1. The zero-order chi connectivity index (χ0) is 18.4. The normalized spacial score (nSPS) is 10.5. The van der Waals surface area contributed by atoms with Gasteiger partial charge in [0.25, 0.3) is 0 Å². The third kappa shape index (κ3) is 4.45. The quantitative estimate of drug-likeness (QED) is 0.664. The number of amides is 1. The van der Waals surface area contributed by atoms with Crippen LogP contribution >= 0.6 is 0 Å². The molecule has 0 aliphatic rings. The van der Waals surface area contributed by atoms with Crippen molar-refractivity contribution in [1.29, 1.82) is 0 Å². The highest BCUT2D eigenvalue weighted by molar-refractivity contribution is 5.91. The second kappa shape index (κ2) is 8.25. The first-order chi connectivity index (χ1) is 12.7. The van der Waals surface area contributed by atoms with Crippen molar-refractivity contribution in [3.8, 4) is 11.3 Å². The molecule has 26 heavy (non-hydrogen) atoms. The van der Waals surface area contributed by atoms with Gasteiger partial charge in [0, 0.05) is 11.3 Å². The fourth-order valence-corrected chi connectivity index (χ4v) is 2.69. The van der Waals surface area contributed by atoms with E-state index in [0.717, 1.165) is 35.4 Å². The molecular weight excluding hydrogens is 324 g/mol. The average Bonchev–Trinajstić information content (AvgIpc) is 2.65. The van der Waals surface area contributed by atoms with Gasteiger partial charge in [0.05, 0.1) is 24.0 Å². The molecule has 0 spiro atoms. The highest BCUT2D eigenvalue weighted by atomic mass is 16.1. The lowest BCUT2D eigenvalue weighted by atomic mass is 10.1. The van der Waals surface area contributed by atoms with Crippen molar-refractivity contribution in [1.82, 2.24) is 9.97 Å². The second-order valence-electron chi connectivity index (χ2n) is 6.13. The van der Waals surface area contributed by atoms with Gasteiger partial charge in [0.1, 0.15) is 0 Å². The number of aryl methyl sites for hydroxylation is 1. The van der Waals surface area contributed by atoms with Gasteiger partial charge < -0.3 is 11.1 Å². The van der Waals surface area contributed by atoms with E-state index in [1.165, 1.54) is 0 Å². The molecule has 2 aromatic carbocycles. The summed E-state index contributed by atoms with van der Waals surface area (Å²) >= 11 is 0. The zero-order valence-electron chi connectivity index (χ0n) is 14.8. The summed E-state index contributed by atoms with van der Waals surface area (Å²) in [4.78, 5) is 21.5. The lowest BCUT2D eigenvalue weighted by Gasteiger charge is -2.11. The number of carbonyl (C=O) groups is 1. The lowest BCUT2D eigenvalue weighted by molar-refractivity contribution is -0.115. The lowest BCUT2D eigenvalue weighted by Crippen LogP contribution is -2.17. The Balaban J connectivity index is 1.80. The van der Waals surface area contributed by atoms with Gasteiger partial charge in [-0.15, -0.1) is 0 Å². The number of rotatable bonds is 6. The summed E-state index contributed by atoms with van der Waals surface area (Å²) in [7, 11) is 0. The monoisotopic (exact) mass is 346 g/mol. The summed E-state index contributed by atoms with van der Waals surface area (Å²) in [6.07, 6.45) is 3.66. The Kier molecular flexibility index (Phi) is 5.59. The molecule has 0 bridgehead atoms. The summed E-state index contributed by atoms with van der Waals surface area (Å²) < 4.78 is 0. The van der Waals surface area contributed by atoms with Crippen LogP contribution in [0, 0.1) is 0 Å². The first kappa shape index (κ1) is 17.6. The fourth-order valence-electron chi connectivity index (χ4n) is 2.69. The van der Waals surface area contributed by atoms with E-state index in [-0.39, 0.29) is 5.91 Å². The van der Waals surface area contributed by atoms with E-state index >= 15 is 0 Å². The Morgan fingerprint density at radius 2 is 1.81 bits per heavy atom. The van der Waals surface area contributed by atoms with Crippen LogP contribution in [0.25, 0.3) is 11.3 Å². The molecule has 0 fully saturated rings. The maximum Gasteiger partial charge on any atom is 0.229 e. The van der Waals surface area contributed by atoms with Crippen molar-refractivity contribution in [2.75, 3.05) is 11.1 Å². The van der Waals surface area contributed by atoms with Gasteiger partial charge in [-0.3, -0.25) is 4.79 Å². The molecule has 5 nitrogen and oxygen atoms in total. The van der Waals surface area contributed by atoms with Gasteiger partial charge in [-0.05, 0) is 24.1 Å². The van der Waals surface area contributed by atoms with Gasteiger partial charge in [-0.25, -0.2) is 9.97 Å². The van der Waals surface area contributed by atoms with Gasteiger partial charge in [0.15, 0.2) is 5.82 Å². The van der Waals surface area contributed by atoms with Gasteiger partial charge >= 0.3 is 0 Å². The summed E-state index contributed by atoms with van der Waals surface area (Å²) in [6.45, 7) is 2.08. The highest BCUT2D eigenvalue weighted by Crippen LogP contribution is 2.21. The van der Waals surface area contributed by atoms with Crippen LogP contribution in [0.1, 0.15) is 24.6 Å². The Hall–Kier alpha value is -3.21. The van der Waals surface area contributed by atoms with E-state index in [1.807, 2.05) is 54.6 Å². The van der Waals surface area contributed by atoms with Crippen LogP contribution in [-0.4, -0.2) is 15.9 Å². The Morgan fingerprint density at radius 3 is 2.50 bits per heavy atom. The number of hydrogen-bond acceptors (Lipinski definition) is 4. The number of benzene rings is 2. The molecule has 132 valence electrons. The van der Waals surface area contributed by atoms with Crippen LogP contribution in [0.3, 0.4) is 0 Å². The van der Waals surface area contributed by atoms with Crippen LogP contribution in [0.2, 0.25) is 0 Å². The summed E-state index contributed by atoms with van der Waals surface area (Å²) in [6, 6.07) is 17.2. The standard InChI is InChI=1S/C21H22N4O/c1-2-6-18-21(25-20(26)13-15-7-4-3-5-8-15)23-14-19(24-18)16-9-11-17(22)12-10-16/h3-5,7-12,14H,2,6,13,22H2,1H3,(H,23,25,26). The molecule has 3 rings (SSSR count). The van der Waals surface area contributed by atoms with Crippen molar-refractivity contribution < 1.29 is 4.79 Å². The molecule has 3 N–H and O–H groups in total. The fraction of sp³-hybridized carbons (Fsp3) is 0.190. The van der Waals surface area contributed by atoms with Crippen LogP contribution in [0.4, 0.5) is 11.5 Å². The van der Waals surface area contributed by atoms with E-state index < -0.39 is 0 Å². The average molecular weight is 346 g/mol. The van der Waals surface area contributed by atoms with Crippen LogP contribution < -0.4 is 11.1 Å². The SMILES string of the molecule is CCCc1nc(-c2ccc(N)cc2)cnc1NC(=O)Cc1ccccc1. The minimum atomic E-state index is -0.0944.